The van der Waals surface area contributed by atoms with Gasteiger partial charge in [-0.05, 0) is 36.2 Å². The highest BCUT2D eigenvalue weighted by atomic mass is 16.6. The zero-order valence-corrected chi connectivity index (χ0v) is 15.3. The molecule has 1 amide bonds. The van der Waals surface area contributed by atoms with Gasteiger partial charge < -0.3 is 5.32 Å². The molecule has 7 nitrogen and oxygen atoms in total. The number of benzene rings is 2. The molecule has 1 unspecified atom stereocenters. The maximum Gasteiger partial charge on any atom is 0.293 e. The first-order chi connectivity index (χ1) is 13.5. The highest BCUT2D eigenvalue weighted by Crippen LogP contribution is 2.26. The molecule has 1 heterocycles. The monoisotopic (exact) mass is 376 g/mol. The molecule has 3 aromatic rings. The van der Waals surface area contributed by atoms with Gasteiger partial charge in [0.15, 0.2) is 0 Å². The van der Waals surface area contributed by atoms with Crippen LogP contribution < -0.4 is 10.6 Å². The van der Waals surface area contributed by atoms with Gasteiger partial charge in [0.1, 0.15) is 11.7 Å². The maximum absolute atomic E-state index is 13.0. The molecule has 0 saturated carbocycles. The van der Waals surface area contributed by atoms with Crippen molar-refractivity contribution in [2.75, 3.05) is 5.32 Å². The van der Waals surface area contributed by atoms with Gasteiger partial charge in [0.25, 0.3) is 5.69 Å². The van der Waals surface area contributed by atoms with Crippen LogP contribution in [0.25, 0.3) is 0 Å². The van der Waals surface area contributed by atoms with Crippen molar-refractivity contribution in [3.05, 3.63) is 99.9 Å². The fourth-order valence-corrected chi connectivity index (χ4v) is 2.82. The van der Waals surface area contributed by atoms with Crippen molar-refractivity contribution in [3.63, 3.8) is 0 Å². The number of hydrogen-bond acceptors (Lipinski definition) is 5. The van der Waals surface area contributed by atoms with Crippen LogP contribution in [0.2, 0.25) is 0 Å². The van der Waals surface area contributed by atoms with Crippen LogP contribution in [0.15, 0.2) is 72.9 Å². The Hall–Kier alpha value is -3.58. The highest BCUT2D eigenvalue weighted by Gasteiger charge is 2.23. The Morgan fingerprint density at radius 1 is 1.11 bits per heavy atom. The van der Waals surface area contributed by atoms with Crippen molar-refractivity contribution < 1.29 is 9.72 Å². The first-order valence-electron chi connectivity index (χ1n) is 8.79. The summed E-state index contributed by atoms with van der Waals surface area (Å²) in [4.78, 5) is 28.1. The van der Waals surface area contributed by atoms with Crippen molar-refractivity contribution in [2.24, 2.45) is 0 Å². The van der Waals surface area contributed by atoms with Gasteiger partial charge in [0, 0.05) is 18.8 Å². The van der Waals surface area contributed by atoms with Crippen molar-refractivity contribution >= 4 is 17.3 Å². The number of hydrogen-bond donors (Lipinski definition) is 2. The lowest BCUT2D eigenvalue weighted by molar-refractivity contribution is -0.384. The number of nitro benzene ring substituents is 1. The summed E-state index contributed by atoms with van der Waals surface area (Å²) in [7, 11) is 0. The van der Waals surface area contributed by atoms with Gasteiger partial charge in [-0.3, -0.25) is 25.2 Å². The van der Waals surface area contributed by atoms with Crippen LogP contribution in [0.4, 0.5) is 11.4 Å². The van der Waals surface area contributed by atoms with Gasteiger partial charge in [-0.15, -0.1) is 0 Å². The Balaban J connectivity index is 1.84. The van der Waals surface area contributed by atoms with Crippen LogP contribution in [0.5, 0.6) is 0 Å². The Morgan fingerprint density at radius 2 is 1.86 bits per heavy atom. The topological polar surface area (TPSA) is 97.2 Å². The second kappa shape index (κ2) is 8.88. The van der Waals surface area contributed by atoms with E-state index in [0.717, 1.165) is 16.8 Å². The lowest BCUT2D eigenvalue weighted by atomic mass is 10.1. The van der Waals surface area contributed by atoms with E-state index in [9.17, 15) is 14.9 Å². The van der Waals surface area contributed by atoms with Crippen molar-refractivity contribution in [1.29, 1.82) is 0 Å². The van der Waals surface area contributed by atoms with Crippen LogP contribution >= 0.6 is 0 Å². The molecule has 1 atom stereocenters. The van der Waals surface area contributed by atoms with Gasteiger partial charge in [-0.1, -0.05) is 42.5 Å². The average Bonchev–Trinajstić information content (AvgIpc) is 2.71. The minimum Gasteiger partial charge on any atom is -0.319 e. The minimum atomic E-state index is -0.691. The molecule has 0 aliphatic heterocycles. The predicted molar refractivity (Wildman–Crippen MR) is 107 cm³/mol. The molecule has 7 heteroatoms. The van der Waals surface area contributed by atoms with E-state index in [1.54, 1.807) is 25.3 Å². The van der Waals surface area contributed by atoms with Crippen LogP contribution in [-0.4, -0.2) is 15.8 Å². The number of anilines is 1. The molecule has 2 aromatic carbocycles. The number of carbonyl (C=O) groups excluding carboxylic acids is 1. The SMILES string of the molecule is Cc1ccc(NC(=O)C(NCc2ccccn2)c2ccccc2)c([N+](=O)[O-])c1. The minimum absolute atomic E-state index is 0.134. The number of nitrogens with zero attached hydrogens (tertiary/aromatic N) is 2. The number of pyridine rings is 1. The van der Waals surface area contributed by atoms with Crippen molar-refractivity contribution in [1.82, 2.24) is 10.3 Å². The Labute approximate surface area is 162 Å². The third-order valence-corrected chi connectivity index (χ3v) is 4.22. The fourth-order valence-electron chi connectivity index (χ4n) is 2.82. The first kappa shape index (κ1) is 19.2. The predicted octanol–water partition coefficient (Wildman–Crippen LogP) is 3.77. The number of nitro groups is 1. The third kappa shape index (κ3) is 4.77. The summed E-state index contributed by atoms with van der Waals surface area (Å²) >= 11 is 0. The summed E-state index contributed by atoms with van der Waals surface area (Å²) in [5, 5.41) is 17.2. The first-order valence-corrected chi connectivity index (χ1v) is 8.79. The van der Waals surface area contributed by atoms with E-state index in [0.29, 0.717) is 6.54 Å². The fraction of sp³-hybridized carbons (Fsp3) is 0.143. The summed E-state index contributed by atoms with van der Waals surface area (Å²) in [5.41, 5.74) is 2.33. The van der Waals surface area contributed by atoms with Gasteiger partial charge >= 0.3 is 0 Å². The van der Waals surface area contributed by atoms with Crippen molar-refractivity contribution in [3.8, 4) is 0 Å². The van der Waals surface area contributed by atoms with E-state index in [-0.39, 0.29) is 17.3 Å². The zero-order chi connectivity index (χ0) is 19.9. The van der Waals surface area contributed by atoms with Crippen LogP contribution in [0, 0.1) is 17.0 Å². The van der Waals surface area contributed by atoms with Gasteiger partial charge in [-0.25, -0.2) is 0 Å². The number of carbonyl (C=O) groups is 1. The van der Waals surface area contributed by atoms with Crippen LogP contribution in [-0.2, 0) is 11.3 Å². The smallest absolute Gasteiger partial charge is 0.293 e. The summed E-state index contributed by atoms with van der Waals surface area (Å²) in [5.74, 6) is -0.380. The molecule has 1 aromatic heterocycles. The average molecular weight is 376 g/mol. The molecule has 0 radical (unpaired) electrons. The van der Waals surface area contributed by atoms with Gasteiger partial charge in [0.05, 0.1) is 10.6 Å². The van der Waals surface area contributed by atoms with Crippen molar-refractivity contribution in [2.45, 2.75) is 19.5 Å². The van der Waals surface area contributed by atoms with Crippen LogP contribution in [0.3, 0.4) is 0 Å². The standard InChI is InChI=1S/C21H20N4O3/c1-15-10-11-18(19(13-15)25(27)28)24-21(26)20(16-7-3-2-4-8-16)23-14-17-9-5-6-12-22-17/h2-13,20,23H,14H2,1H3,(H,24,26). The van der Waals surface area contributed by atoms with E-state index in [1.165, 1.54) is 6.07 Å². The molecular formula is C21H20N4O3. The van der Waals surface area contributed by atoms with Gasteiger partial charge in [0.2, 0.25) is 5.91 Å². The maximum atomic E-state index is 13.0. The second-order valence-electron chi connectivity index (χ2n) is 6.31. The van der Waals surface area contributed by atoms with E-state index in [2.05, 4.69) is 15.6 Å². The summed E-state index contributed by atoms with van der Waals surface area (Å²) in [6.07, 6.45) is 1.68. The number of rotatable bonds is 7. The lowest BCUT2D eigenvalue weighted by Gasteiger charge is -2.19. The zero-order valence-electron chi connectivity index (χ0n) is 15.3. The molecule has 3 rings (SSSR count). The molecule has 28 heavy (non-hydrogen) atoms. The van der Waals surface area contributed by atoms with E-state index >= 15 is 0 Å². The molecular weight excluding hydrogens is 356 g/mol. The summed E-state index contributed by atoms with van der Waals surface area (Å²) in [6.45, 7) is 2.14. The lowest BCUT2D eigenvalue weighted by Crippen LogP contribution is -2.33. The molecule has 0 saturated heterocycles. The number of aryl methyl sites for hydroxylation is 1. The molecule has 0 aliphatic carbocycles. The van der Waals surface area contributed by atoms with Gasteiger partial charge in [-0.2, -0.15) is 0 Å². The van der Waals surface area contributed by atoms with E-state index in [4.69, 9.17) is 0 Å². The Kier molecular flexibility index (Phi) is 6.08. The Bertz CT molecular complexity index is 962. The summed E-state index contributed by atoms with van der Waals surface area (Å²) in [6, 6.07) is 18.8. The largest absolute Gasteiger partial charge is 0.319 e. The quantitative estimate of drug-likeness (QED) is 0.483. The highest BCUT2D eigenvalue weighted by molar-refractivity contribution is 5.97. The summed E-state index contributed by atoms with van der Waals surface area (Å²) < 4.78 is 0. The molecule has 0 aliphatic rings. The Morgan fingerprint density at radius 3 is 2.54 bits per heavy atom. The second-order valence-corrected chi connectivity index (χ2v) is 6.31. The normalized spacial score (nSPS) is 11.6. The molecule has 0 spiro atoms. The molecule has 0 bridgehead atoms. The number of aromatic nitrogens is 1. The molecule has 2 N–H and O–H groups in total. The number of nitrogens with one attached hydrogen (secondary N) is 2. The third-order valence-electron chi connectivity index (χ3n) is 4.22. The molecule has 0 fully saturated rings. The number of amides is 1. The van der Waals surface area contributed by atoms with E-state index in [1.807, 2.05) is 48.5 Å². The molecule has 142 valence electrons. The van der Waals surface area contributed by atoms with Crippen LogP contribution in [0.1, 0.15) is 22.9 Å². The van der Waals surface area contributed by atoms with E-state index < -0.39 is 11.0 Å².